The summed E-state index contributed by atoms with van der Waals surface area (Å²) >= 11 is 0. The molecule has 0 saturated heterocycles. The van der Waals surface area contributed by atoms with E-state index in [9.17, 15) is 14.7 Å². The number of rotatable bonds is 8. The number of carboxylic acid groups (broad SMARTS) is 1. The Labute approximate surface area is 267 Å². The van der Waals surface area contributed by atoms with Gasteiger partial charge in [-0.25, -0.2) is 4.79 Å². The fourth-order valence-electron chi connectivity index (χ4n) is 4.93. The molecule has 6 heteroatoms. The zero-order valence-corrected chi connectivity index (χ0v) is 26.8. The van der Waals surface area contributed by atoms with Crippen LogP contribution in [0.25, 0.3) is 17.2 Å². The molecule has 1 amide bonds. The van der Waals surface area contributed by atoms with E-state index in [0.717, 1.165) is 30.6 Å². The van der Waals surface area contributed by atoms with Crippen molar-refractivity contribution in [2.75, 3.05) is 16.8 Å². The predicted octanol–water partition coefficient (Wildman–Crippen LogP) is 9.48. The lowest BCUT2D eigenvalue weighted by Gasteiger charge is -2.31. The SMILES string of the molecule is CC.CC.Cc1ccc(-c2ccc(N3CCCc4cc(/C=C/C=C(/C(=N)C(=O)O)C(=O)Nc5ccccc5)ccc43)cc2)cc1. The molecule has 0 aliphatic carbocycles. The molecule has 0 fully saturated rings. The molecule has 4 aromatic rings. The summed E-state index contributed by atoms with van der Waals surface area (Å²) in [5.74, 6) is -2.11. The second-order valence-corrected chi connectivity index (χ2v) is 10.00. The lowest BCUT2D eigenvalue weighted by Crippen LogP contribution is -2.25. The normalized spacial score (nSPS) is 12.2. The lowest BCUT2D eigenvalue weighted by atomic mass is 9.97. The van der Waals surface area contributed by atoms with Crippen molar-refractivity contribution >= 4 is 40.7 Å². The average molecular weight is 602 g/mol. The van der Waals surface area contributed by atoms with E-state index < -0.39 is 17.6 Å². The van der Waals surface area contributed by atoms with E-state index in [2.05, 4.69) is 77.8 Å². The maximum atomic E-state index is 12.8. The zero-order valence-electron chi connectivity index (χ0n) is 26.8. The first-order chi connectivity index (χ1) is 21.9. The van der Waals surface area contributed by atoms with Gasteiger partial charge >= 0.3 is 5.97 Å². The molecule has 3 N–H and O–H groups in total. The number of carboxylic acids is 1. The Kier molecular flexibility index (Phi) is 13.1. The molecule has 5 rings (SSSR count). The van der Waals surface area contributed by atoms with Gasteiger partial charge in [0.05, 0.1) is 5.57 Å². The number of allylic oxidation sites excluding steroid dienone is 2. The van der Waals surface area contributed by atoms with Crippen LogP contribution < -0.4 is 10.2 Å². The van der Waals surface area contributed by atoms with E-state index in [1.807, 2.05) is 45.9 Å². The number of amides is 1. The summed E-state index contributed by atoms with van der Waals surface area (Å²) in [5, 5.41) is 19.9. The van der Waals surface area contributed by atoms with E-state index in [-0.39, 0.29) is 5.57 Å². The summed E-state index contributed by atoms with van der Waals surface area (Å²) in [6.45, 7) is 11.0. The molecular formula is C39H43N3O3. The Morgan fingerprint density at radius 1 is 0.844 bits per heavy atom. The minimum absolute atomic E-state index is 0.226. The Morgan fingerprint density at radius 2 is 1.47 bits per heavy atom. The molecule has 0 atom stereocenters. The van der Waals surface area contributed by atoms with Gasteiger partial charge in [-0.3, -0.25) is 10.2 Å². The highest BCUT2D eigenvalue weighted by Gasteiger charge is 2.21. The molecule has 1 heterocycles. The maximum Gasteiger partial charge on any atom is 0.354 e. The first-order valence-electron chi connectivity index (χ1n) is 15.5. The fraction of sp³-hybridized carbons (Fsp3) is 0.205. The second kappa shape index (κ2) is 17.2. The molecule has 45 heavy (non-hydrogen) atoms. The van der Waals surface area contributed by atoms with Crippen LogP contribution in [-0.4, -0.2) is 29.2 Å². The second-order valence-electron chi connectivity index (χ2n) is 10.00. The van der Waals surface area contributed by atoms with Crippen LogP contribution >= 0.6 is 0 Å². The molecule has 6 nitrogen and oxygen atoms in total. The van der Waals surface area contributed by atoms with Crippen molar-refractivity contribution in [2.45, 2.75) is 47.5 Å². The van der Waals surface area contributed by atoms with Gasteiger partial charge in [0.15, 0.2) is 5.71 Å². The maximum absolute atomic E-state index is 12.8. The van der Waals surface area contributed by atoms with Gasteiger partial charge in [-0.15, -0.1) is 0 Å². The Morgan fingerprint density at radius 3 is 2.09 bits per heavy atom. The summed E-state index contributed by atoms with van der Waals surface area (Å²) < 4.78 is 0. The van der Waals surface area contributed by atoms with Gasteiger partial charge in [0.1, 0.15) is 0 Å². The molecule has 0 saturated carbocycles. The van der Waals surface area contributed by atoms with Crippen LogP contribution in [0.3, 0.4) is 0 Å². The lowest BCUT2D eigenvalue weighted by molar-refractivity contribution is -0.129. The first kappa shape index (κ1) is 34.3. The zero-order chi connectivity index (χ0) is 32.8. The summed E-state index contributed by atoms with van der Waals surface area (Å²) in [7, 11) is 0. The summed E-state index contributed by atoms with van der Waals surface area (Å²) in [5.41, 5.74) is 7.64. The standard InChI is InChI=1S/C35H31N3O3.2C2H6/c1-24-12-15-26(16-13-24)27-17-19-30(20-18-27)38-22-6-8-28-23-25(14-21-32(28)38)7-5-11-31(33(36)35(40)41)34(39)37-29-9-3-2-4-10-29;2*1-2/h2-5,7,9-21,23,36H,6,8,22H2,1H3,(H,37,39)(H,40,41);2*1-2H3/b7-5+,31-11-,36-33?;;. The highest BCUT2D eigenvalue weighted by molar-refractivity contribution is 6.48. The quantitative estimate of drug-likeness (QED) is 0.107. The van der Waals surface area contributed by atoms with Gasteiger partial charge in [-0.2, -0.15) is 0 Å². The van der Waals surface area contributed by atoms with Crippen LogP contribution in [0.15, 0.2) is 115 Å². The number of aliphatic carboxylic acids is 1. The number of para-hydroxylation sites is 1. The minimum Gasteiger partial charge on any atom is -0.477 e. The van der Waals surface area contributed by atoms with Gasteiger partial charge in [-0.1, -0.05) is 106 Å². The van der Waals surface area contributed by atoms with E-state index in [1.165, 1.54) is 34.0 Å². The number of fused-ring (bicyclic) bond motifs is 1. The number of nitrogens with zero attached hydrogens (tertiary/aromatic N) is 1. The van der Waals surface area contributed by atoms with Gasteiger partial charge in [0, 0.05) is 23.6 Å². The number of aryl methyl sites for hydroxylation is 2. The summed E-state index contributed by atoms with van der Waals surface area (Å²) in [6.07, 6.45) is 6.79. The number of nitrogens with one attached hydrogen (secondary N) is 2. The summed E-state index contributed by atoms with van der Waals surface area (Å²) in [6, 6.07) is 32.2. The number of benzene rings is 4. The van der Waals surface area contributed by atoms with Crippen molar-refractivity contribution in [2.24, 2.45) is 0 Å². The van der Waals surface area contributed by atoms with E-state index in [1.54, 1.807) is 30.3 Å². The highest BCUT2D eigenvalue weighted by atomic mass is 16.4. The third kappa shape index (κ3) is 9.13. The van der Waals surface area contributed by atoms with Gasteiger partial charge in [-0.05, 0) is 84.5 Å². The number of carbonyl (C=O) groups is 2. The van der Waals surface area contributed by atoms with Crippen molar-refractivity contribution in [1.29, 1.82) is 5.41 Å². The van der Waals surface area contributed by atoms with Crippen LogP contribution in [0.4, 0.5) is 17.1 Å². The molecule has 0 unspecified atom stereocenters. The third-order valence-electron chi connectivity index (χ3n) is 7.10. The van der Waals surface area contributed by atoms with Gasteiger partial charge in [0.25, 0.3) is 5.91 Å². The Balaban J connectivity index is 0.00000133. The first-order valence-corrected chi connectivity index (χ1v) is 15.5. The van der Waals surface area contributed by atoms with Crippen LogP contribution in [0.5, 0.6) is 0 Å². The van der Waals surface area contributed by atoms with E-state index >= 15 is 0 Å². The minimum atomic E-state index is -1.46. The molecule has 1 aliphatic rings. The van der Waals surface area contributed by atoms with Crippen LogP contribution in [0.1, 0.15) is 50.8 Å². The Bertz CT molecular complexity index is 1640. The number of carbonyl (C=O) groups excluding carboxylic acids is 1. The molecule has 0 bridgehead atoms. The third-order valence-corrected chi connectivity index (χ3v) is 7.10. The van der Waals surface area contributed by atoms with Crippen molar-refractivity contribution in [3.63, 3.8) is 0 Å². The van der Waals surface area contributed by atoms with Crippen molar-refractivity contribution in [3.05, 3.63) is 131 Å². The highest BCUT2D eigenvalue weighted by Crippen LogP contribution is 2.35. The van der Waals surface area contributed by atoms with Crippen molar-refractivity contribution in [1.82, 2.24) is 0 Å². The van der Waals surface area contributed by atoms with Crippen LogP contribution in [0, 0.1) is 12.3 Å². The van der Waals surface area contributed by atoms with Crippen molar-refractivity contribution < 1.29 is 14.7 Å². The molecule has 1 aliphatic heterocycles. The smallest absolute Gasteiger partial charge is 0.354 e. The molecule has 4 aromatic carbocycles. The fourth-order valence-corrected chi connectivity index (χ4v) is 4.93. The van der Waals surface area contributed by atoms with Crippen LogP contribution in [-0.2, 0) is 16.0 Å². The number of hydrogen-bond donors (Lipinski definition) is 3. The van der Waals surface area contributed by atoms with E-state index in [0.29, 0.717) is 5.69 Å². The molecule has 0 radical (unpaired) electrons. The van der Waals surface area contributed by atoms with Gasteiger partial charge < -0.3 is 15.3 Å². The number of hydrogen-bond acceptors (Lipinski definition) is 4. The largest absolute Gasteiger partial charge is 0.477 e. The molecule has 0 aromatic heterocycles. The Hall–Kier alpha value is -5.23. The number of anilines is 3. The molecule has 232 valence electrons. The molecular weight excluding hydrogens is 558 g/mol. The van der Waals surface area contributed by atoms with Crippen LogP contribution in [0.2, 0.25) is 0 Å². The van der Waals surface area contributed by atoms with E-state index in [4.69, 9.17) is 5.41 Å². The van der Waals surface area contributed by atoms with Gasteiger partial charge in [0.2, 0.25) is 0 Å². The predicted molar refractivity (Wildman–Crippen MR) is 189 cm³/mol. The van der Waals surface area contributed by atoms with Crippen molar-refractivity contribution in [3.8, 4) is 11.1 Å². The summed E-state index contributed by atoms with van der Waals surface area (Å²) in [4.78, 5) is 26.6. The molecule has 0 spiro atoms. The topological polar surface area (TPSA) is 93.5 Å². The monoisotopic (exact) mass is 601 g/mol. The average Bonchev–Trinajstić information content (AvgIpc) is 3.08.